The van der Waals surface area contributed by atoms with E-state index in [1.165, 1.54) is 0 Å². The molecule has 0 saturated carbocycles. The number of aromatic nitrogens is 4. The molecule has 2 fully saturated rings. The molecule has 2 saturated heterocycles. The quantitative estimate of drug-likeness (QED) is 0.578. The van der Waals surface area contributed by atoms with E-state index in [-0.39, 0.29) is 11.9 Å². The van der Waals surface area contributed by atoms with Crippen molar-refractivity contribution in [3.05, 3.63) is 29.6 Å². The third-order valence-electron chi connectivity index (χ3n) is 6.37. The van der Waals surface area contributed by atoms with E-state index in [2.05, 4.69) is 15.5 Å². The molecule has 2 aromatic rings. The lowest BCUT2D eigenvalue weighted by molar-refractivity contribution is -0.141. The molecular weight excluding hydrogens is 414 g/mol. The Morgan fingerprint density at radius 2 is 2.03 bits per heavy atom. The molecule has 0 radical (unpaired) electrons. The number of carbonyl (C=O) groups is 1. The summed E-state index contributed by atoms with van der Waals surface area (Å²) in [4.78, 5) is 15.7. The molecule has 0 bridgehead atoms. The summed E-state index contributed by atoms with van der Waals surface area (Å²) in [7, 11) is 3.26. The second-order valence-corrected chi connectivity index (χ2v) is 8.22. The highest BCUT2D eigenvalue weighted by Crippen LogP contribution is 2.50. The van der Waals surface area contributed by atoms with Crippen LogP contribution in [0.3, 0.4) is 0 Å². The summed E-state index contributed by atoms with van der Waals surface area (Å²) in [5.41, 5.74) is 0.528. The van der Waals surface area contributed by atoms with Gasteiger partial charge < -0.3 is 23.8 Å². The first kappa shape index (κ1) is 22.5. The van der Waals surface area contributed by atoms with E-state index in [0.29, 0.717) is 76.1 Å². The number of nitrogens with zero attached hydrogens (tertiary/aromatic N) is 5. The molecule has 1 spiro atoms. The van der Waals surface area contributed by atoms with Gasteiger partial charge in [0.2, 0.25) is 5.91 Å². The van der Waals surface area contributed by atoms with E-state index < -0.39 is 5.41 Å². The summed E-state index contributed by atoms with van der Waals surface area (Å²) in [6, 6.07) is 5.57. The Morgan fingerprint density at radius 3 is 2.75 bits per heavy atom. The first-order chi connectivity index (χ1) is 15.6. The molecule has 10 nitrogen and oxygen atoms in total. The molecule has 2 aliphatic heterocycles. The van der Waals surface area contributed by atoms with Gasteiger partial charge in [-0.2, -0.15) is 0 Å². The van der Waals surface area contributed by atoms with Crippen LogP contribution in [-0.4, -0.2) is 71.7 Å². The van der Waals surface area contributed by atoms with Gasteiger partial charge in [0.15, 0.2) is 17.3 Å². The fourth-order valence-electron chi connectivity index (χ4n) is 4.68. The topological polar surface area (TPSA) is 101 Å². The van der Waals surface area contributed by atoms with Crippen molar-refractivity contribution in [2.75, 3.05) is 40.6 Å². The molecule has 1 aromatic carbocycles. The molecule has 0 N–H and O–H groups in total. The molecule has 4 rings (SSSR count). The van der Waals surface area contributed by atoms with Crippen LogP contribution >= 0.6 is 0 Å². The summed E-state index contributed by atoms with van der Waals surface area (Å²) in [5.74, 6) is 2.17. The Bertz CT molecular complexity index is 927. The summed E-state index contributed by atoms with van der Waals surface area (Å²) in [5, 5.41) is 12.3. The lowest BCUT2D eigenvalue weighted by Crippen LogP contribution is -2.38. The molecule has 1 aromatic heterocycles. The number of rotatable bonds is 9. The van der Waals surface area contributed by atoms with Gasteiger partial charge in [-0.3, -0.25) is 4.79 Å². The van der Waals surface area contributed by atoms with Crippen LogP contribution in [0.2, 0.25) is 0 Å². The SMILES string of the molecule is CCOc1ccc(CN2C(=O)C3(CCOCC3)CC2c2nnnn2CCOC)cc1OC. The van der Waals surface area contributed by atoms with Gasteiger partial charge in [-0.05, 0) is 54.3 Å². The van der Waals surface area contributed by atoms with Gasteiger partial charge in [-0.15, -0.1) is 5.10 Å². The van der Waals surface area contributed by atoms with Crippen molar-refractivity contribution in [1.82, 2.24) is 25.1 Å². The summed E-state index contributed by atoms with van der Waals surface area (Å²) < 4.78 is 23.7. The number of likely N-dealkylation sites (tertiary alicyclic amines) is 1. The van der Waals surface area contributed by atoms with Crippen molar-refractivity contribution < 1.29 is 23.7 Å². The number of ether oxygens (including phenoxy) is 4. The average Bonchev–Trinajstić information content (AvgIpc) is 3.38. The number of methoxy groups -OCH3 is 2. The zero-order valence-electron chi connectivity index (χ0n) is 19.0. The summed E-state index contributed by atoms with van der Waals surface area (Å²) in [6.45, 7) is 5.14. The highest BCUT2D eigenvalue weighted by molar-refractivity contribution is 5.85. The van der Waals surface area contributed by atoms with Gasteiger partial charge >= 0.3 is 0 Å². The first-order valence-corrected chi connectivity index (χ1v) is 11.1. The van der Waals surface area contributed by atoms with Crippen molar-refractivity contribution in [2.45, 2.75) is 45.3 Å². The molecule has 10 heteroatoms. The fraction of sp³-hybridized carbons (Fsp3) is 0.636. The van der Waals surface area contributed by atoms with Crippen molar-refractivity contribution in [3.63, 3.8) is 0 Å². The minimum Gasteiger partial charge on any atom is -0.493 e. The van der Waals surface area contributed by atoms with Crippen LogP contribution in [0.1, 0.15) is 43.6 Å². The number of tetrazole rings is 1. The maximum Gasteiger partial charge on any atom is 0.229 e. The Labute approximate surface area is 187 Å². The van der Waals surface area contributed by atoms with Gasteiger partial charge in [0.05, 0.1) is 38.3 Å². The molecule has 1 atom stereocenters. The number of amides is 1. The molecule has 174 valence electrons. The smallest absolute Gasteiger partial charge is 0.229 e. The Hall–Kier alpha value is -2.72. The number of hydrogen-bond acceptors (Lipinski definition) is 8. The maximum atomic E-state index is 13.8. The number of hydrogen-bond donors (Lipinski definition) is 0. The maximum absolute atomic E-state index is 13.8. The van der Waals surface area contributed by atoms with Crippen LogP contribution in [0, 0.1) is 5.41 Å². The highest BCUT2D eigenvalue weighted by Gasteiger charge is 2.53. The lowest BCUT2D eigenvalue weighted by atomic mass is 9.77. The lowest BCUT2D eigenvalue weighted by Gasteiger charge is -2.31. The molecule has 3 heterocycles. The van der Waals surface area contributed by atoms with Crippen molar-refractivity contribution in [1.29, 1.82) is 0 Å². The highest BCUT2D eigenvalue weighted by atomic mass is 16.5. The second-order valence-electron chi connectivity index (χ2n) is 8.22. The molecular formula is C22H31N5O5. The Morgan fingerprint density at radius 1 is 1.22 bits per heavy atom. The van der Waals surface area contributed by atoms with Gasteiger partial charge in [-0.25, -0.2) is 4.68 Å². The zero-order valence-corrected chi connectivity index (χ0v) is 19.0. The summed E-state index contributed by atoms with van der Waals surface area (Å²) in [6.07, 6.45) is 2.10. The standard InChI is InChI=1S/C22H31N5O5/c1-4-32-18-6-5-16(13-19(18)30-3)15-26-17(20-23-24-25-27(20)9-12-29-2)14-22(21(26)28)7-10-31-11-8-22/h5-6,13,17H,4,7-12,14-15H2,1-3H3. The van der Waals surface area contributed by atoms with E-state index in [0.717, 1.165) is 5.56 Å². The monoisotopic (exact) mass is 445 g/mol. The van der Waals surface area contributed by atoms with Gasteiger partial charge in [0.25, 0.3) is 0 Å². The van der Waals surface area contributed by atoms with E-state index >= 15 is 0 Å². The van der Waals surface area contributed by atoms with Crippen LogP contribution in [-0.2, 0) is 27.4 Å². The predicted molar refractivity (Wildman–Crippen MR) is 114 cm³/mol. The van der Waals surface area contributed by atoms with E-state index in [1.807, 2.05) is 30.0 Å². The van der Waals surface area contributed by atoms with Crippen LogP contribution in [0.15, 0.2) is 18.2 Å². The van der Waals surface area contributed by atoms with Crippen molar-refractivity contribution in [2.24, 2.45) is 5.41 Å². The number of benzene rings is 1. The average molecular weight is 446 g/mol. The van der Waals surface area contributed by atoms with Crippen molar-refractivity contribution in [3.8, 4) is 11.5 Å². The van der Waals surface area contributed by atoms with Crippen molar-refractivity contribution >= 4 is 5.91 Å². The van der Waals surface area contributed by atoms with Crippen LogP contribution in [0.5, 0.6) is 11.5 Å². The molecule has 32 heavy (non-hydrogen) atoms. The Balaban J connectivity index is 1.65. The van der Waals surface area contributed by atoms with Crippen LogP contribution in [0.4, 0.5) is 0 Å². The van der Waals surface area contributed by atoms with E-state index in [9.17, 15) is 4.79 Å². The normalized spacial score (nSPS) is 20.2. The zero-order chi connectivity index (χ0) is 22.6. The van der Waals surface area contributed by atoms with E-state index in [4.69, 9.17) is 18.9 Å². The molecule has 2 aliphatic rings. The molecule has 1 unspecified atom stereocenters. The summed E-state index contributed by atoms with van der Waals surface area (Å²) >= 11 is 0. The third kappa shape index (κ3) is 4.29. The number of carbonyl (C=O) groups excluding carboxylic acids is 1. The fourth-order valence-corrected chi connectivity index (χ4v) is 4.68. The van der Waals surface area contributed by atoms with E-state index in [1.54, 1.807) is 18.9 Å². The first-order valence-electron chi connectivity index (χ1n) is 11.1. The predicted octanol–water partition coefficient (Wildman–Crippen LogP) is 2.00. The second kappa shape index (κ2) is 9.83. The minimum atomic E-state index is -0.434. The Kier molecular flexibility index (Phi) is 6.90. The van der Waals surface area contributed by atoms with Gasteiger partial charge in [0, 0.05) is 26.9 Å². The third-order valence-corrected chi connectivity index (χ3v) is 6.37. The minimum absolute atomic E-state index is 0.139. The molecule has 0 aliphatic carbocycles. The van der Waals surface area contributed by atoms with Crippen LogP contribution < -0.4 is 9.47 Å². The van der Waals surface area contributed by atoms with Crippen LogP contribution in [0.25, 0.3) is 0 Å². The van der Waals surface area contributed by atoms with Gasteiger partial charge in [-0.1, -0.05) is 6.07 Å². The molecule has 1 amide bonds. The largest absolute Gasteiger partial charge is 0.493 e. The van der Waals surface area contributed by atoms with Gasteiger partial charge in [0.1, 0.15) is 0 Å².